The van der Waals surface area contributed by atoms with E-state index in [0.717, 1.165) is 11.9 Å². The number of nitrogens with one attached hydrogen (secondary N) is 2. The lowest BCUT2D eigenvalue weighted by Crippen LogP contribution is -2.43. The number of carbonyl (C=O) groups is 1. The largest absolute Gasteiger partial charge is 0.340 e. The number of benzene rings is 3. The molecule has 0 bridgehead atoms. The molecule has 1 aliphatic heterocycles. The van der Waals surface area contributed by atoms with Crippen LogP contribution >= 0.6 is 11.6 Å². The second kappa shape index (κ2) is 8.54. The van der Waals surface area contributed by atoms with E-state index in [1.165, 1.54) is 16.4 Å². The molecule has 1 unspecified atom stereocenters. The quantitative estimate of drug-likeness (QED) is 0.400. The molecule has 9 heteroatoms. The van der Waals surface area contributed by atoms with Gasteiger partial charge < -0.3 is 10.3 Å². The van der Waals surface area contributed by atoms with Crippen LogP contribution in [0.5, 0.6) is 0 Å². The third-order valence-corrected chi connectivity index (χ3v) is 8.55. The Morgan fingerprint density at radius 3 is 2.56 bits per heavy atom. The van der Waals surface area contributed by atoms with Crippen LogP contribution in [0.25, 0.3) is 11.0 Å². The van der Waals surface area contributed by atoms with Gasteiger partial charge in [0, 0.05) is 22.8 Å². The predicted molar refractivity (Wildman–Crippen MR) is 132 cm³/mol. The Bertz CT molecular complexity index is 1470. The number of hydrogen-bond donors (Lipinski definition) is 2. The van der Waals surface area contributed by atoms with Gasteiger partial charge in [0.25, 0.3) is 5.91 Å². The van der Waals surface area contributed by atoms with E-state index in [4.69, 9.17) is 16.6 Å². The van der Waals surface area contributed by atoms with Gasteiger partial charge in [0.05, 0.1) is 21.5 Å². The number of anilines is 1. The number of H-pyrrole nitrogens is 1. The summed E-state index contributed by atoms with van der Waals surface area (Å²) in [6.07, 6.45) is 1.36. The lowest BCUT2D eigenvalue weighted by atomic mass is 10.00. The van der Waals surface area contributed by atoms with Crippen molar-refractivity contribution < 1.29 is 13.2 Å². The van der Waals surface area contributed by atoms with E-state index in [1.807, 2.05) is 37.3 Å². The zero-order valence-electron chi connectivity index (χ0n) is 18.5. The zero-order chi connectivity index (χ0) is 23.9. The van der Waals surface area contributed by atoms with Crippen LogP contribution in [0.1, 0.15) is 35.9 Å². The number of rotatable bonds is 5. The number of sulfonamides is 1. The van der Waals surface area contributed by atoms with Crippen molar-refractivity contribution >= 4 is 44.3 Å². The first kappa shape index (κ1) is 22.6. The summed E-state index contributed by atoms with van der Waals surface area (Å²) in [4.78, 5) is 20.7. The van der Waals surface area contributed by atoms with E-state index in [-0.39, 0.29) is 10.8 Å². The van der Waals surface area contributed by atoms with Crippen LogP contribution in [-0.2, 0) is 15.6 Å². The van der Waals surface area contributed by atoms with Gasteiger partial charge in [0.1, 0.15) is 5.82 Å². The van der Waals surface area contributed by atoms with E-state index in [0.29, 0.717) is 40.6 Å². The molecular formula is C25H23ClN4O3S. The Balaban J connectivity index is 1.46. The summed E-state index contributed by atoms with van der Waals surface area (Å²) in [5.41, 5.74) is 1.78. The number of amides is 1. The molecule has 4 aromatic rings. The molecule has 1 aromatic heterocycles. The van der Waals surface area contributed by atoms with E-state index in [9.17, 15) is 13.2 Å². The maximum atomic E-state index is 13.5. The first-order valence-electron chi connectivity index (χ1n) is 10.9. The molecule has 34 heavy (non-hydrogen) atoms. The Morgan fingerprint density at radius 2 is 1.82 bits per heavy atom. The standard InChI is InChI=1S/C25H23ClN4O3S/c1-25(14-5-15-30(25)34(32,33)20-11-8-18(26)9-12-20)24-28-21-13-10-19(16-22(21)29-24)27-23(31)17-6-3-2-4-7-17/h2-4,6-13,16H,5,14-15H2,1H3,(H,27,31)(H,28,29). The van der Waals surface area contributed by atoms with Crippen LogP contribution in [-0.4, -0.2) is 35.1 Å². The maximum absolute atomic E-state index is 13.5. The van der Waals surface area contributed by atoms with Gasteiger partial charge in [0.2, 0.25) is 10.0 Å². The van der Waals surface area contributed by atoms with Crippen LogP contribution < -0.4 is 5.32 Å². The monoisotopic (exact) mass is 494 g/mol. The van der Waals surface area contributed by atoms with Gasteiger partial charge in [-0.1, -0.05) is 29.8 Å². The highest BCUT2D eigenvalue weighted by Gasteiger charge is 2.47. The van der Waals surface area contributed by atoms with Crippen molar-refractivity contribution in [2.75, 3.05) is 11.9 Å². The lowest BCUT2D eigenvalue weighted by molar-refractivity contribution is 0.102. The fourth-order valence-electron chi connectivity index (χ4n) is 4.43. The van der Waals surface area contributed by atoms with Gasteiger partial charge in [-0.25, -0.2) is 13.4 Å². The molecule has 0 radical (unpaired) electrons. The van der Waals surface area contributed by atoms with Crippen molar-refractivity contribution in [3.63, 3.8) is 0 Å². The molecule has 3 aromatic carbocycles. The van der Waals surface area contributed by atoms with Gasteiger partial charge >= 0.3 is 0 Å². The zero-order valence-corrected chi connectivity index (χ0v) is 20.0. The van der Waals surface area contributed by atoms with Crippen LogP contribution in [0.4, 0.5) is 5.69 Å². The molecular weight excluding hydrogens is 472 g/mol. The molecule has 1 fully saturated rings. The minimum absolute atomic E-state index is 0.201. The highest BCUT2D eigenvalue weighted by molar-refractivity contribution is 7.89. The Labute approximate surface area is 202 Å². The molecule has 0 spiro atoms. The summed E-state index contributed by atoms with van der Waals surface area (Å²) >= 11 is 5.95. The van der Waals surface area contributed by atoms with Crippen LogP contribution in [0.3, 0.4) is 0 Å². The van der Waals surface area contributed by atoms with Crippen molar-refractivity contribution in [1.29, 1.82) is 0 Å². The first-order valence-corrected chi connectivity index (χ1v) is 12.7. The summed E-state index contributed by atoms with van der Waals surface area (Å²) < 4.78 is 28.4. The van der Waals surface area contributed by atoms with Crippen molar-refractivity contribution in [3.8, 4) is 0 Å². The molecule has 0 saturated carbocycles. The summed E-state index contributed by atoms with van der Waals surface area (Å²) in [6.45, 7) is 2.29. The molecule has 1 amide bonds. The smallest absolute Gasteiger partial charge is 0.255 e. The third-order valence-electron chi connectivity index (χ3n) is 6.26. The minimum Gasteiger partial charge on any atom is -0.340 e. The number of hydrogen-bond acceptors (Lipinski definition) is 4. The summed E-state index contributed by atoms with van der Waals surface area (Å²) in [7, 11) is -3.75. The highest BCUT2D eigenvalue weighted by Crippen LogP contribution is 2.41. The molecule has 174 valence electrons. The van der Waals surface area contributed by atoms with Crippen molar-refractivity contribution in [3.05, 3.63) is 89.2 Å². The molecule has 1 atom stereocenters. The predicted octanol–water partition coefficient (Wildman–Crippen LogP) is 5.17. The van der Waals surface area contributed by atoms with Crippen LogP contribution in [0, 0.1) is 0 Å². The van der Waals surface area contributed by atoms with E-state index >= 15 is 0 Å². The lowest BCUT2D eigenvalue weighted by Gasteiger charge is -2.32. The Kier molecular flexibility index (Phi) is 5.67. The fourth-order valence-corrected chi connectivity index (χ4v) is 6.37. The van der Waals surface area contributed by atoms with Gasteiger partial charge in [-0.3, -0.25) is 4.79 Å². The number of nitrogens with zero attached hydrogens (tertiary/aromatic N) is 2. The molecule has 1 aliphatic rings. The SMILES string of the molecule is CC1(c2nc3ccc(NC(=O)c4ccccc4)cc3[nH]2)CCCN1S(=O)(=O)c1ccc(Cl)cc1. The highest BCUT2D eigenvalue weighted by atomic mass is 35.5. The van der Waals surface area contributed by atoms with Crippen molar-refractivity contribution in [1.82, 2.24) is 14.3 Å². The van der Waals surface area contributed by atoms with Gasteiger partial charge in [-0.2, -0.15) is 4.31 Å². The molecule has 7 nitrogen and oxygen atoms in total. The summed E-state index contributed by atoms with van der Waals surface area (Å²) in [5.74, 6) is 0.367. The van der Waals surface area contributed by atoms with E-state index in [1.54, 1.807) is 30.3 Å². The second-order valence-electron chi connectivity index (χ2n) is 8.55. The van der Waals surface area contributed by atoms with Crippen LogP contribution in [0.2, 0.25) is 5.02 Å². The molecule has 5 rings (SSSR count). The van der Waals surface area contributed by atoms with E-state index in [2.05, 4.69) is 10.3 Å². The van der Waals surface area contributed by atoms with Crippen LogP contribution in [0.15, 0.2) is 77.7 Å². The minimum atomic E-state index is -3.75. The average Bonchev–Trinajstić information content (AvgIpc) is 3.44. The van der Waals surface area contributed by atoms with E-state index < -0.39 is 15.6 Å². The maximum Gasteiger partial charge on any atom is 0.255 e. The normalized spacial score (nSPS) is 18.9. The molecule has 0 aliphatic carbocycles. The number of halogens is 1. The number of imidazole rings is 1. The Hall–Kier alpha value is -3.20. The van der Waals surface area contributed by atoms with Gasteiger partial charge in [-0.05, 0) is 74.4 Å². The van der Waals surface area contributed by atoms with Gasteiger partial charge in [0.15, 0.2) is 0 Å². The molecule has 1 saturated heterocycles. The summed E-state index contributed by atoms with van der Waals surface area (Å²) in [6, 6.07) is 20.6. The van der Waals surface area contributed by atoms with Gasteiger partial charge in [-0.15, -0.1) is 0 Å². The van der Waals surface area contributed by atoms with Crippen molar-refractivity contribution in [2.24, 2.45) is 0 Å². The number of aromatic nitrogens is 2. The second-order valence-corrected chi connectivity index (χ2v) is 10.8. The summed E-state index contributed by atoms with van der Waals surface area (Å²) in [5, 5.41) is 3.38. The molecule has 2 heterocycles. The average molecular weight is 495 g/mol. The topological polar surface area (TPSA) is 95.2 Å². The Morgan fingerprint density at radius 1 is 1.09 bits per heavy atom. The first-order chi connectivity index (χ1) is 16.3. The number of carbonyl (C=O) groups excluding carboxylic acids is 1. The fraction of sp³-hybridized carbons (Fsp3) is 0.200. The number of fused-ring (bicyclic) bond motifs is 1. The van der Waals surface area contributed by atoms with Crippen molar-refractivity contribution in [2.45, 2.75) is 30.2 Å². The number of aromatic amines is 1. The third kappa shape index (κ3) is 3.98. The molecule has 2 N–H and O–H groups in total.